The van der Waals surface area contributed by atoms with Gasteiger partial charge in [-0.2, -0.15) is 0 Å². The van der Waals surface area contributed by atoms with Gasteiger partial charge >= 0.3 is 5.97 Å². The smallest absolute Gasteiger partial charge is 0.335 e. The molecule has 0 saturated carbocycles. The van der Waals surface area contributed by atoms with E-state index >= 15 is 0 Å². The number of rotatable bonds is 3. The van der Waals surface area contributed by atoms with Crippen molar-refractivity contribution in [1.82, 2.24) is 0 Å². The molecule has 0 aliphatic rings. The summed E-state index contributed by atoms with van der Waals surface area (Å²) in [5, 5.41) is 18.0. The van der Waals surface area contributed by atoms with Crippen LogP contribution in [0.4, 0.5) is 5.69 Å². The van der Waals surface area contributed by atoms with Crippen LogP contribution in [0.3, 0.4) is 0 Å². The van der Waals surface area contributed by atoms with Gasteiger partial charge in [0.05, 0.1) is 5.56 Å². The fraction of sp³-hybridized carbons (Fsp3) is 0. The molecule has 0 aliphatic heterocycles. The van der Waals surface area contributed by atoms with Crippen molar-refractivity contribution in [3.8, 4) is 5.75 Å². The first-order chi connectivity index (χ1) is 8.56. The van der Waals surface area contributed by atoms with E-state index in [9.17, 15) is 9.90 Å². The summed E-state index contributed by atoms with van der Waals surface area (Å²) < 4.78 is 0. The lowest BCUT2D eigenvalue weighted by Crippen LogP contribution is -1.98. The van der Waals surface area contributed by atoms with Gasteiger partial charge in [-0.15, -0.1) is 0 Å². The van der Waals surface area contributed by atoms with Crippen molar-refractivity contribution < 1.29 is 15.0 Å². The number of carboxylic acid groups (broad SMARTS) is 1. The number of hydrogen-bond donors (Lipinski definition) is 3. The highest BCUT2D eigenvalue weighted by molar-refractivity contribution is 7.99. The summed E-state index contributed by atoms with van der Waals surface area (Å²) in [6.45, 7) is 0. The first-order valence-corrected chi connectivity index (χ1v) is 5.97. The number of phenolic OH excluding ortho intramolecular Hbond substituents is 1. The van der Waals surface area contributed by atoms with E-state index in [1.54, 1.807) is 30.3 Å². The van der Waals surface area contributed by atoms with E-state index in [0.29, 0.717) is 5.69 Å². The quantitative estimate of drug-likeness (QED) is 0.740. The highest BCUT2D eigenvalue weighted by atomic mass is 32.2. The number of hydrogen-bond acceptors (Lipinski definition) is 4. The SMILES string of the molecule is Nc1cc(C(=O)O)ccc1Sc1ccc(O)cc1. The Kier molecular flexibility index (Phi) is 3.43. The van der Waals surface area contributed by atoms with Gasteiger partial charge in [0.25, 0.3) is 0 Å². The minimum absolute atomic E-state index is 0.169. The van der Waals surface area contributed by atoms with Gasteiger partial charge in [-0.1, -0.05) is 11.8 Å². The molecule has 0 radical (unpaired) electrons. The number of aromatic hydroxyl groups is 1. The van der Waals surface area contributed by atoms with E-state index in [0.717, 1.165) is 9.79 Å². The zero-order chi connectivity index (χ0) is 13.1. The van der Waals surface area contributed by atoms with Crippen LogP contribution >= 0.6 is 11.8 Å². The zero-order valence-corrected chi connectivity index (χ0v) is 10.1. The predicted molar refractivity (Wildman–Crippen MR) is 70.0 cm³/mol. The van der Waals surface area contributed by atoms with Crippen LogP contribution in [0.5, 0.6) is 5.75 Å². The van der Waals surface area contributed by atoms with Crippen molar-refractivity contribution in [3.05, 3.63) is 48.0 Å². The summed E-state index contributed by atoms with van der Waals surface area (Å²) >= 11 is 1.41. The van der Waals surface area contributed by atoms with Gasteiger partial charge in [-0.3, -0.25) is 0 Å². The Hall–Kier alpha value is -2.14. The standard InChI is InChI=1S/C13H11NO3S/c14-11-7-8(13(16)17)1-6-12(11)18-10-4-2-9(15)3-5-10/h1-7,15H,14H2,(H,16,17). The number of carboxylic acids is 1. The Labute approximate surface area is 108 Å². The highest BCUT2D eigenvalue weighted by Gasteiger charge is 2.07. The lowest BCUT2D eigenvalue weighted by Gasteiger charge is -2.06. The van der Waals surface area contributed by atoms with Gasteiger partial charge in [0, 0.05) is 15.5 Å². The molecule has 4 N–H and O–H groups in total. The highest BCUT2D eigenvalue weighted by Crippen LogP contribution is 2.33. The van der Waals surface area contributed by atoms with Crippen LogP contribution in [0.2, 0.25) is 0 Å². The van der Waals surface area contributed by atoms with Crippen molar-refractivity contribution in [2.45, 2.75) is 9.79 Å². The van der Waals surface area contributed by atoms with Crippen LogP contribution in [-0.2, 0) is 0 Å². The lowest BCUT2D eigenvalue weighted by atomic mass is 10.2. The Morgan fingerprint density at radius 2 is 1.78 bits per heavy atom. The normalized spacial score (nSPS) is 10.2. The minimum Gasteiger partial charge on any atom is -0.508 e. The molecule has 0 unspecified atom stereocenters. The first kappa shape index (κ1) is 12.3. The van der Waals surface area contributed by atoms with Crippen LogP contribution < -0.4 is 5.73 Å². The number of aromatic carboxylic acids is 1. The summed E-state index contributed by atoms with van der Waals surface area (Å²) in [5.41, 5.74) is 6.40. The van der Waals surface area contributed by atoms with Crippen LogP contribution in [0, 0.1) is 0 Å². The molecule has 0 fully saturated rings. The lowest BCUT2D eigenvalue weighted by molar-refractivity contribution is 0.0697. The Bertz CT molecular complexity index is 581. The molecule has 0 saturated heterocycles. The zero-order valence-electron chi connectivity index (χ0n) is 9.33. The van der Waals surface area contributed by atoms with E-state index < -0.39 is 5.97 Å². The average Bonchev–Trinajstić information content (AvgIpc) is 2.34. The maximum Gasteiger partial charge on any atom is 0.335 e. The Balaban J connectivity index is 2.24. The molecule has 0 atom stereocenters. The number of anilines is 1. The number of nitrogen functional groups attached to an aromatic ring is 1. The van der Waals surface area contributed by atoms with E-state index in [1.807, 2.05) is 0 Å². The van der Waals surface area contributed by atoms with Crippen molar-refractivity contribution >= 4 is 23.4 Å². The average molecular weight is 261 g/mol. The third kappa shape index (κ3) is 2.75. The molecular formula is C13H11NO3S. The summed E-state index contributed by atoms with van der Waals surface area (Å²) in [6.07, 6.45) is 0. The van der Waals surface area contributed by atoms with Gasteiger partial charge in [0.2, 0.25) is 0 Å². The van der Waals surface area contributed by atoms with E-state index in [2.05, 4.69) is 0 Å². The third-order valence-corrected chi connectivity index (χ3v) is 3.42. The molecule has 0 aliphatic carbocycles. The van der Waals surface area contributed by atoms with Gasteiger partial charge in [-0.05, 0) is 42.5 Å². The second kappa shape index (κ2) is 5.01. The molecule has 4 nitrogen and oxygen atoms in total. The fourth-order valence-electron chi connectivity index (χ4n) is 1.42. The summed E-state index contributed by atoms with van der Waals surface area (Å²) in [4.78, 5) is 12.5. The first-order valence-electron chi connectivity index (χ1n) is 5.16. The molecule has 2 rings (SSSR count). The molecule has 92 valence electrons. The predicted octanol–water partition coefficient (Wildman–Crippen LogP) is 2.82. The van der Waals surface area contributed by atoms with E-state index in [-0.39, 0.29) is 11.3 Å². The molecule has 0 spiro atoms. The van der Waals surface area contributed by atoms with E-state index in [4.69, 9.17) is 10.8 Å². The molecule has 0 heterocycles. The van der Waals surface area contributed by atoms with Crippen LogP contribution in [-0.4, -0.2) is 16.2 Å². The molecule has 0 bridgehead atoms. The van der Waals surface area contributed by atoms with Crippen LogP contribution in [0.1, 0.15) is 10.4 Å². The van der Waals surface area contributed by atoms with Gasteiger partial charge in [-0.25, -0.2) is 4.79 Å². The second-order valence-electron chi connectivity index (χ2n) is 3.65. The maximum absolute atomic E-state index is 10.8. The van der Waals surface area contributed by atoms with Gasteiger partial charge < -0.3 is 15.9 Å². The van der Waals surface area contributed by atoms with Gasteiger partial charge in [0.1, 0.15) is 5.75 Å². The van der Waals surface area contributed by atoms with Crippen LogP contribution in [0.25, 0.3) is 0 Å². The van der Waals surface area contributed by atoms with Crippen molar-refractivity contribution in [3.63, 3.8) is 0 Å². The fourth-order valence-corrected chi connectivity index (χ4v) is 2.25. The number of phenols is 1. The maximum atomic E-state index is 10.8. The molecule has 0 amide bonds. The van der Waals surface area contributed by atoms with E-state index in [1.165, 1.54) is 23.9 Å². The molecule has 2 aromatic carbocycles. The molecule has 18 heavy (non-hydrogen) atoms. The van der Waals surface area contributed by atoms with Crippen molar-refractivity contribution in [1.29, 1.82) is 0 Å². The second-order valence-corrected chi connectivity index (χ2v) is 4.77. The van der Waals surface area contributed by atoms with Crippen molar-refractivity contribution in [2.24, 2.45) is 0 Å². The number of nitrogens with two attached hydrogens (primary N) is 1. The number of benzene rings is 2. The molecule has 5 heteroatoms. The van der Waals surface area contributed by atoms with Gasteiger partial charge in [0.15, 0.2) is 0 Å². The Morgan fingerprint density at radius 1 is 1.11 bits per heavy atom. The van der Waals surface area contributed by atoms with Crippen LogP contribution in [0.15, 0.2) is 52.3 Å². The summed E-state index contributed by atoms with van der Waals surface area (Å²) in [7, 11) is 0. The third-order valence-electron chi connectivity index (χ3n) is 2.32. The van der Waals surface area contributed by atoms with Crippen molar-refractivity contribution in [2.75, 3.05) is 5.73 Å². The molecule has 2 aromatic rings. The molecular weight excluding hydrogens is 250 g/mol. The largest absolute Gasteiger partial charge is 0.508 e. The summed E-state index contributed by atoms with van der Waals surface area (Å²) in [6, 6.07) is 11.3. The summed E-state index contributed by atoms with van der Waals surface area (Å²) in [5.74, 6) is -0.795. The minimum atomic E-state index is -0.997. The topological polar surface area (TPSA) is 83.6 Å². The number of carbonyl (C=O) groups is 1. The molecule has 0 aromatic heterocycles. The Morgan fingerprint density at radius 3 is 2.33 bits per heavy atom. The monoisotopic (exact) mass is 261 g/mol.